The molecule has 30 heteroatoms. The van der Waals surface area contributed by atoms with E-state index in [4.69, 9.17) is 47.4 Å². The van der Waals surface area contributed by atoms with Gasteiger partial charge in [0.05, 0.1) is 121 Å². The zero-order valence-electron chi connectivity index (χ0n) is 50.0. The highest BCUT2D eigenvalue weighted by atomic mass is 32.2. The fourth-order valence-electron chi connectivity index (χ4n) is 10.8. The van der Waals surface area contributed by atoms with Crippen molar-refractivity contribution in [1.29, 1.82) is 0 Å². The van der Waals surface area contributed by atoms with Gasteiger partial charge in [-0.2, -0.15) is 38.2 Å². The third kappa shape index (κ3) is 19.3. The molecule has 2 aliphatic heterocycles. The van der Waals surface area contributed by atoms with Crippen LogP contribution in [0.1, 0.15) is 64.0 Å². The van der Waals surface area contributed by atoms with Crippen LogP contribution >= 0.6 is 0 Å². The number of allylic oxidation sites excluding steroid dienone is 4. The molecule has 0 spiro atoms. The minimum atomic E-state index is -5.12. The largest absolute Gasteiger partial charge is 0.481 e. The van der Waals surface area contributed by atoms with Crippen molar-refractivity contribution in [2.75, 3.05) is 151 Å². The summed E-state index contributed by atoms with van der Waals surface area (Å²) >= 11 is 0. The molecule has 0 saturated carbocycles. The van der Waals surface area contributed by atoms with Crippen LogP contribution in [0.4, 0.5) is 11.4 Å². The van der Waals surface area contributed by atoms with Crippen LogP contribution in [0.5, 0.6) is 0 Å². The van der Waals surface area contributed by atoms with E-state index in [-0.39, 0.29) is 93.8 Å². The van der Waals surface area contributed by atoms with Crippen molar-refractivity contribution in [3.05, 3.63) is 83.6 Å². The van der Waals surface area contributed by atoms with Gasteiger partial charge in [0.2, 0.25) is 5.69 Å². The van der Waals surface area contributed by atoms with Crippen molar-refractivity contribution in [3.63, 3.8) is 0 Å². The summed E-state index contributed by atoms with van der Waals surface area (Å²) in [6.45, 7) is 11.4. The van der Waals surface area contributed by atoms with Crippen LogP contribution in [0.2, 0.25) is 0 Å². The standard InChI is InChI=1S/C58H80N2O24S4/c1-57(2)52(59(18-8-6-7-12-54(61)62)48-15-13-44-46(55(48)57)38-42(85(63,64)65)40-50(44)87(69,70)71)10-9-11-53-58(3,17-20-77-26-28-81-32-30-79-24-22-75-4)56-47-39-43(86(66,67)68)41-51(88(72,73)74)45(47)14-16-49(56)60(53)19-21-78-27-29-82-34-35-84-37-36-83-33-31-80-25-23-76-5/h9-11,13-16,38-41H,6-8,12,17-37H2,1-5H3,(H4-,61,62,63,64,65,66,67,68,69,70,71,72,73,74)/p+1. The number of carboxylic acids is 1. The third-order valence-corrected chi connectivity index (χ3v) is 18.3. The molecule has 1 atom stereocenters. The van der Waals surface area contributed by atoms with E-state index in [0.29, 0.717) is 138 Å². The SMILES string of the molecule is COCCOCCOCCOCCOCCOCC[N+]1=C(/C=C/C=C2/N(CCCCCC(=O)O)c3ccc4c(S(=O)(=O)O)cc(S(=O)(=O)O)cc4c3C2(C)C)C(C)(CCOCCOCCOCCOC)c2c1ccc1c(S(=O)(=O)O)cc(S(=O)(=O)O)cc21. The van der Waals surface area contributed by atoms with Gasteiger partial charge in [0.25, 0.3) is 40.5 Å². The number of fused-ring (bicyclic) bond motifs is 6. The zero-order valence-corrected chi connectivity index (χ0v) is 53.3. The first-order valence-electron chi connectivity index (χ1n) is 28.4. The van der Waals surface area contributed by atoms with Crippen LogP contribution in [0.25, 0.3) is 21.5 Å². The maximum atomic E-state index is 13.1. The molecule has 4 aromatic carbocycles. The molecule has 5 N–H and O–H groups in total. The summed E-state index contributed by atoms with van der Waals surface area (Å²) in [5.74, 6) is -0.962. The Balaban J connectivity index is 1.41. The van der Waals surface area contributed by atoms with Crippen LogP contribution in [0.15, 0.2) is 92.0 Å². The molecule has 0 bridgehead atoms. The van der Waals surface area contributed by atoms with Gasteiger partial charge in [0, 0.05) is 79.1 Å². The summed E-state index contributed by atoms with van der Waals surface area (Å²) in [4.78, 5) is 10.3. The van der Waals surface area contributed by atoms with Crippen molar-refractivity contribution in [1.82, 2.24) is 0 Å². The number of hydrogen-bond donors (Lipinski definition) is 5. The summed E-state index contributed by atoms with van der Waals surface area (Å²) in [5.41, 5.74) is 0.737. The first-order valence-corrected chi connectivity index (χ1v) is 34.2. The number of anilines is 1. The Kier molecular flexibility index (Phi) is 26.9. The topological polar surface area (TPSA) is 353 Å². The minimum absolute atomic E-state index is 0.0237. The highest BCUT2D eigenvalue weighted by molar-refractivity contribution is 7.87. The lowest BCUT2D eigenvalue weighted by molar-refractivity contribution is -0.442. The smallest absolute Gasteiger partial charge is 0.303 e. The maximum Gasteiger partial charge on any atom is 0.303 e. The molecule has 0 aliphatic carbocycles. The second-order valence-electron chi connectivity index (χ2n) is 21.2. The van der Waals surface area contributed by atoms with Gasteiger partial charge in [-0.15, -0.1) is 0 Å². The van der Waals surface area contributed by atoms with E-state index in [1.54, 1.807) is 38.5 Å². The molecule has 2 aliphatic rings. The van der Waals surface area contributed by atoms with E-state index in [9.17, 15) is 61.8 Å². The van der Waals surface area contributed by atoms with Crippen molar-refractivity contribution >= 4 is 85.1 Å². The van der Waals surface area contributed by atoms with Crippen LogP contribution in [0.3, 0.4) is 0 Å². The number of ether oxygens (including phenoxy) is 10. The summed E-state index contributed by atoms with van der Waals surface area (Å²) in [6, 6.07) is 9.79. The lowest BCUT2D eigenvalue weighted by Crippen LogP contribution is -2.34. The number of nitrogens with zero attached hydrogens (tertiary/aromatic N) is 2. The number of rotatable bonds is 42. The Hall–Kier alpha value is -4.94. The van der Waals surface area contributed by atoms with Crippen LogP contribution < -0.4 is 4.90 Å². The molecule has 6 rings (SSSR count). The van der Waals surface area contributed by atoms with E-state index in [1.165, 1.54) is 12.1 Å². The summed E-state index contributed by atoms with van der Waals surface area (Å²) in [6.07, 6.45) is 6.78. The number of hydrogen-bond acceptors (Lipinski definition) is 20. The Morgan fingerprint density at radius 1 is 0.523 bits per heavy atom. The predicted octanol–water partition coefficient (Wildman–Crippen LogP) is 6.03. The van der Waals surface area contributed by atoms with Crippen molar-refractivity contribution < 1.29 is 114 Å². The second kappa shape index (κ2) is 32.9. The van der Waals surface area contributed by atoms with Gasteiger partial charge in [-0.05, 0) is 85.0 Å². The molecule has 0 fully saturated rings. The van der Waals surface area contributed by atoms with Crippen molar-refractivity contribution in [2.45, 2.75) is 83.3 Å². The van der Waals surface area contributed by atoms with E-state index in [1.807, 2.05) is 36.3 Å². The molecule has 0 radical (unpaired) electrons. The highest BCUT2D eigenvalue weighted by Crippen LogP contribution is 2.53. The zero-order chi connectivity index (χ0) is 64.3. The number of methoxy groups -OCH3 is 2. The number of carbonyl (C=O) groups is 1. The van der Waals surface area contributed by atoms with Crippen molar-refractivity contribution in [3.8, 4) is 0 Å². The Morgan fingerprint density at radius 3 is 1.40 bits per heavy atom. The monoisotopic (exact) mass is 1320 g/mol. The summed E-state index contributed by atoms with van der Waals surface area (Å²) in [7, 11) is -17.1. The normalized spacial score (nSPS) is 16.7. The fourth-order valence-corrected chi connectivity index (χ4v) is 13.5. The highest BCUT2D eigenvalue weighted by Gasteiger charge is 2.49. The minimum Gasteiger partial charge on any atom is -0.481 e. The Bertz CT molecular complexity index is 3610. The second-order valence-corrected chi connectivity index (χ2v) is 26.9. The van der Waals surface area contributed by atoms with Crippen LogP contribution in [-0.4, -0.2) is 219 Å². The Morgan fingerprint density at radius 2 is 0.955 bits per heavy atom. The van der Waals surface area contributed by atoms with E-state index in [2.05, 4.69) is 0 Å². The number of benzene rings is 4. The van der Waals surface area contributed by atoms with Gasteiger partial charge in [-0.1, -0.05) is 32.4 Å². The summed E-state index contributed by atoms with van der Waals surface area (Å²) in [5, 5.41) is 9.49. The van der Waals surface area contributed by atoms with E-state index >= 15 is 0 Å². The third-order valence-electron chi connectivity index (χ3n) is 14.9. The first kappa shape index (κ1) is 72.1. The number of carboxylic acid groups (broad SMARTS) is 1. The lowest BCUT2D eigenvalue weighted by Gasteiger charge is -2.27. The molecule has 2 heterocycles. The molecule has 490 valence electrons. The number of unbranched alkanes of at least 4 members (excludes halogenated alkanes) is 2. The average molecular weight is 1320 g/mol. The molecule has 1 unspecified atom stereocenters. The summed E-state index contributed by atoms with van der Waals surface area (Å²) < 4.78 is 202. The van der Waals surface area contributed by atoms with Gasteiger partial charge < -0.3 is 57.4 Å². The van der Waals surface area contributed by atoms with E-state index in [0.717, 1.165) is 12.1 Å². The van der Waals surface area contributed by atoms with Gasteiger partial charge in [-0.25, -0.2) is 0 Å². The molecule has 26 nitrogen and oxygen atoms in total. The predicted molar refractivity (Wildman–Crippen MR) is 323 cm³/mol. The van der Waals surface area contributed by atoms with Gasteiger partial charge in [-0.3, -0.25) is 23.0 Å². The molecule has 88 heavy (non-hydrogen) atoms. The van der Waals surface area contributed by atoms with Gasteiger partial charge >= 0.3 is 5.97 Å². The average Bonchev–Trinajstić information content (AvgIpc) is 1.70. The molecular formula is C58H81N2O24S4+. The Labute approximate surface area is 514 Å². The lowest BCUT2D eigenvalue weighted by atomic mass is 9.74. The molecule has 4 aromatic rings. The number of aliphatic carboxylic acids is 1. The van der Waals surface area contributed by atoms with E-state index < -0.39 is 76.9 Å². The molecule has 0 amide bonds. The fraction of sp³-hybridized carbons (Fsp3) is 0.552. The van der Waals surface area contributed by atoms with Gasteiger partial charge in [0.15, 0.2) is 12.3 Å². The van der Waals surface area contributed by atoms with Crippen molar-refractivity contribution in [2.24, 2.45) is 0 Å². The van der Waals surface area contributed by atoms with Crippen LogP contribution in [-0.2, 0) is 103 Å². The quantitative estimate of drug-likeness (QED) is 0.0192. The first-order chi connectivity index (χ1) is 41.7. The van der Waals surface area contributed by atoms with Crippen LogP contribution in [0, 0.1) is 0 Å². The van der Waals surface area contributed by atoms with Gasteiger partial charge in [0.1, 0.15) is 16.4 Å². The molecule has 0 saturated heterocycles. The molecular weight excluding hydrogens is 1240 g/mol. The molecule has 0 aromatic heterocycles. The maximum absolute atomic E-state index is 13.1.